The molecule has 2 saturated heterocycles. The van der Waals surface area contributed by atoms with E-state index in [4.69, 9.17) is 47.4 Å². The van der Waals surface area contributed by atoms with E-state index in [1.807, 2.05) is 0 Å². The van der Waals surface area contributed by atoms with Gasteiger partial charge in [0, 0.05) is 48.5 Å². The van der Waals surface area contributed by atoms with Crippen LogP contribution in [-0.2, 0) is 76.2 Å². The predicted molar refractivity (Wildman–Crippen MR) is 162 cm³/mol. The standard InChI is InChI=1S/C32H41NO17/c1-15(34)33-25-28(45-20(6)39)26(43-18(4)37)23(13-41-16(2)35)48-31(25)50-29-27(44-19(5)38)24(14-42-17(3)36)49-32(30(29)46-21(7)40)47-22-11-9-8-10-12-22/h8-12,23-32H,13-14H2,1-7H3,(H,33,34)/t23-,24-,25-,26-,27-,28-,29+,30-,31+,32-/m1/s1. The van der Waals surface area contributed by atoms with Crippen molar-refractivity contribution in [3.63, 3.8) is 0 Å². The molecule has 0 saturated carbocycles. The molecule has 0 unspecified atom stereocenters. The molecule has 18 heteroatoms. The van der Waals surface area contributed by atoms with E-state index >= 15 is 0 Å². The zero-order chi connectivity index (χ0) is 37.1. The highest BCUT2D eigenvalue weighted by atomic mass is 16.8. The molecule has 0 radical (unpaired) electrons. The van der Waals surface area contributed by atoms with Gasteiger partial charge in [0.25, 0.3) is 0 Å². The third-order valence-corrected chi connectivity index (χ3v) is 7.00. The average Bonchev–Trinajstić information content (AvgIpc) is 3.00. The van der Waals surface area contributed by atoms with E-state index < -0.39 is 116 Å². The lowest BCUT2D eigenvalue weighted by molar-refractivity contribution is -0.340. The summed E-state index contributed by atoms with van der Waals surface area (Å²) in [5, 5.41) is 2.57. The van der Waals surface area contributed by atoms with Gasteiger partial charge in [-0.15, -0.1) is 0 Å². The molecule has 1 aromatic rings. The fourth-order valence-corrected chi connectivity index (χ4v) is 5.31. The number of carbonyl (C=O) groups excluding carboxylic acids is 7. The molecule has 0 aliphatic carbocycles. The molecule has 1 aromatic carbocycles. The SMILES string of the molecule is CC(=O)N[C@H]1[C@H](O[C@@H]2[C@@H](OC(C)=O)[C@H](Oc3ccccc3)O[C@H](COC(C)=O)[C@H]2OC(C)=O)O[C@H](COC(C)=O)[C@@H](OC(C)=O)[C@@H]1OC(C)=O. The lowest BCUT2D eigenvalue weighted by Gasteiger charge is -2.49. The van der Waals surface area contributed by atoms with E-state index in [1.54, 1.807) is 30.3 Å². The fourth-order valence-electron chi connectivity index (χ4n) is 5.31. The van der Waals surface area contributed by atoms with Crippen LogP contribution in [0.15, 0.2) is 30.3 Å². The third-order valence-electron chi connectivity index (χ3n) is 7.00. The van der Waals surface area contributed by atoms with Crippen LogP contribution in [0, 0.1) is 0 Å². The van der Waals surface area contributed by atoms with Crippen LogP contribution in [0.2, 0.25) is 0 Å². The van der Waals surface area contributed by atoms with Crippen LogP contribution in [0.4, 0.5) is 0 Å². The number of hydrogen-bond donors (Lipinski definition) is 1. The Morgan fingerprint density at radius 3 is 1.46 bits per heavy atom. The van der Waals surface area contributed by atoms with E-state index in [1.165, 1.54) is 0 Å². The normalized spacial score (nSPS) is 28.9. The number of esters is 6. The molecule has 2 aliphatic heterocycles. The first-order chi connectivity index (χ1) is 23.5. The van der Waals surface area contributed by atoms with Gasteiger partial charge in [0.2, 0.25) is 12.2 Å². The van der Waals surface area contributed by atoms with Gasteiger partial charge in [0.05, 0.1) is 0 Å². The lowest BCUT2D eigenvalue weighted by Crippen LogP contribution is -2.69. The van der Waals surface area contributed by atoms with Crippen molar-refractivity contribution < 1.29 is 80.9 Å². The van der Waals surface area contributed by atoms with Gasteiger partial charge in [-0.05, 0) is 12.1 Å². The summed E-state index contributed by atoms with van der Waals surface area (Å²) in [5.41, 5.74) is 0. The van der Waals surface area contributed by atoms with E-state index in [9.17, 15) is 33.6 Å². The minimum atomic E-state index is -1.69. The molecule has 2 fully saturated rings. The molecule has 3 rings (SSSR count). The number of para-hydroxylation sites is 1. The molecular formula is C32H41NO17. The highest BCUT2D eigenvalue weighted by Gasteiger charge is 2.57. The van der Waals surface area contributed by atoms with Crippen LogP contribution in [0.3, 0.4) is 0 Å². The molecule has 2 aliphatic rings. The van der Waals surface area contributed by atoms with Crippen LogP contribution in [0.5, 0.6) is 5.75 Å². The largest absolute Gasteiger partial charge is 0.463 e. The minimum absolute atomic E-state index is 0.260. The van der Waals surface area contributed by atoms with Crippen molar-refractivity contribution in [1.29, 1.82) is 0 Å². The predicted octanol–water partition coefficient (Wildman–Crippen LogP) is 0.258. The summed E-state index contributed by atoms with van der Waals surface area (Å²) in [4.78, 5) is 85.6. The van der Waals surface area contributed by atoms with Crippen LogP contribution < -0.4 is 10.1 Å². The molecule has 1 N–H and O–H groups in total. The Morgan fingerprint density at radius 2 is 1.00 bits per heavy atom. The Bertz CT molecular complexity index is 1390. The molecule has 10 atom stereocenters. The van der Waals surface area contributed by atoms with Gasteiger partial charge in [0.15, 0.2) is 30.7 Å². The van der Waals surface area contributed by atoms with Crippen LogP contribution in [-0.4, -0.2) is 116 Å². The Labute approximate surface area is 287 Å². The molecule has 0 bridgehead atoms. The van der Waals surface area contributed by atoms with Crippen molar-refractivity contribution >= 4 is 41.7 Å². The molecule has 0 aromatic heterocycles. The third kappa shape index (κ3) is 11.7. The van der Waals surface area contributed by atoms with Crippen molar-refractivity contribution in [2.75, 3.05) is 13.2 Å². The van der Waals surface area contributed by atoms with Crippen molar-refractivity contribution in [3.8, 4) is 5.75 Å². The minimum Gasteiger partial charge on any atom is -0.463 e. The monoisotopic (exact) mass is 711 g/mol. The Morgan fingerprint density at radius 1 is 0.560 bits per heavy atom. The summed E-state index contributed by atoms with van der Waals surface area (Å²) in [6.07, 6.45) is -13.4. The maximum atomic E-state index is 12.5. The first kappa shape index (κ1) is 39.6. The zero-order valence-corrected chi connectivity index (χ0v) is 28.5. The van der Waals surface area contributed by atoms with Gasteiger partial charge in [0.1, 0.15) is 43.3 Å². The second-order valence-corrected chi connectivity index (χ2v) is 11.2. The molecule has 1 amide bonds. The number of amides is 1. The summed E-state index contributed by atoms with van der Waals surface area (Å²) in [6.45, 7) is 6.69. The summed E-state index contributed by atoms with van der Waals surface area (Å²) in [6, 6.07) is 6.76. The quantitative estimate of drug-likeness (QED) is 0.214. The molecule has 2 heterocycles. The van der Waals surface area contributed by atoms with E-state index in [0.717, 1.165) is 48.5 Å². The number of nitrogens with one attached hydrogen (secondary N) is 1. The van der Waals surface area contributed by atoms with E-state index in [-0.39, 0.29) is 5.75 Å². The van der Waals surface area contributed by atoms with Crippen molar-refractivity contribution in [3.05, 3.63) is 30.3 Å². The van der Waals surface area contributed by atoms with E-state index in [0.29, 0.717) is 0 Å². The number of carbonyl (C=O) groups is 7. The summed E-state index contributed by atoms with van der Waals surface area (Å²) in [7, 11) is 0. The molecule has 50 heavy (non-hydrogen) atoms. The molecular weight excluding hydrogens is 670 g/mol. The van der Waals surface area contributed by atoms with Gasteiger partial charge >= 0.3 is 35.8 Å². The topological polar surface area (TPSA) is 224 Å². The number of benzene rings is 1. The smallest absolute Gasteiger partial charge is 0.303 e. The van der Waals surface area contributed by atoms with Crippen molar-refractivity contribution in [2.45, 2.75) is 110 Å². The zero-order valence-electron chi connectivity index (χ0n) is 28.5. The Hall–Kier alpha value is -4.81. The van der Waals surface area contributed by atoms with Crippen molar-refractivity contribution in [1.82, 2.24) is 5.32 Å². The maximum absolute atomic E-state index is 12.5. The van der Waals surface area contributed by atoms with Crippen LogP contribution >= 0.6 is 0 Å². The summed E-state index contributed by atoms with van der Waals surface area (Å²) < 4.78 is 57.2. The van der Waals surface area contributed by atoms with Gasteiger partial charge in [-0.2, -0.15) is 0 Å². The Kier molecular flexibility index (Phi) is 14.5. The van der Waals surface area contributed by atoms with Gasteiger partial charge in [-0.3, -0.25) is 33.6 Å². The van der Waals surface area contributed by atoms with Crippen LogP contribution in [0.25, 0.3) is 0 Å². The van der Waals surface area contributed by atoms with Crippen LogP contribution in [0.1, 0.15) is 48.5 Å². The molecule has 276 valence electrons. The lowest BCUT2D eigenvalue weighted by atomic mass is 9.94. The van der Waals surface area contributed by atoms with Gasteiger partial charge < -0.3 is 52.7 Å². The summed E-state index contributed by atoms with van der Waals surface area (Å²) >= 11 is 0. The summed E-state index contributed by atoms with van der Waals surface area (Å²) in [5.74, 6) is -5.19. The van der Waals surface area contributed by atoms with Crippen molar-refractivity contribution in [2.24, 2.45) is 0 Å². The number of hydrogen-bond acceptors (Lipinski definition) is 17. The molecule has 18 nitrogen and oxygen atoms in total. The second kappa shape index (κ2) is 18.3. The number of rotatable bonds is 13. The first-order valence-electron chi connectivity index (χ1n) is 15.5. The molecule has 0 spiro atoms. The highest BCUT2D eigenvalue weighted by molar-refractivity contribution is 5.74. The Balaban J connectivity index is 2.19. The second-order valence-electron chi connectivity index (χ2n) is 11.2. The first-order valence-corrected chi connectivity index (χ1v) is 15.5. The average molecular weight is 712 g/mol. The van der Waals surface area contributed by atoms with Gasteiger partial charge in [-0.25, -0.2) is 0 Å². The van der Waals surface area contributed by atoms with E-state index in [2.05, 4.69) is 5.32 Å². The number of ether oxygens (including phenoxy) is 10. The van der Waals surface area contributed by atoms with Gasteiger partial charge in [-0.1, -0.05) is 18.2 Å². The fraction of sp³-hybridized carbons (Fsp3) is 0.594. The maximum Gasteiger partial charge on any atom is 0.303 e. The highest BCUT2D eigenvalue weighted by Crippen LogP contribution is 2.35.